The van der Waals surface area contributed by atoms with Crippen LogP contribution in [0.1, 0.15) is 10.4 Å². The SMILES string of the molecule is COc1cc(NC(=O)c2ccc(S(=O)(=O)C(F)F)cc2)cc(OC)c1. The Hall–Kier alpha value is -2.68. The second kappa shape index (κ2) is 7.47. The van der Waals surface area contributed by atoms with E-state index in [4.69, 9.17) is 9.47 Å². The van der Waals surface area contributed by atoms with Crippen LogP contribution < -0.4 is 14.8 Å². The number of amides is 1. The summed E-state index contributed by atoms with van der Waals surface area (Å²) in [7, 11) is -1.77. The van der Waals surface area contributed by atoms with Crippen molar-refractivity contribution in [1.29, 1.82) is 0 Å². The van der Waals surface area contributed by atoms with E-state index in [1.807, 2.05) is 0 Å². The lowest BCUT2D eigenvalue weighted by Gasteiger charge is -2.10. The van der Waals surface area contributed by atoms with Gasteiger partial charge in [0.1, 0.15) is 11.5 Å². The molecule has 6 nitrogen and oxygen atoms in total. The number of rotatable bonds is 6. The molecule has 0 aliphatic heterocycles. The Morgan fingerprint density at radius 1 is 1.00 bits per heavy atom. The molecule has 0 spiro atoms. The Labute approximate surface area is 143 Å². The number of anilines is 1. The fourth-order valence-electron chi connectivity index (χ4n) is 1.98. The van der Waals surface area contributed by atoms with Gasteiger partial charge in [-0.3, -0.25) is 4.79 Å². The van der Waals surface area contributed by atoms with Gasteiger partial charge in [0.25, 0.3) is 5.91 Å². The largest absolute Gasteiger partial charge is 0.497 e. The Morgan fingerprint density at radius 3 is 1.96 bits per heavy atom. The van der Waals surface area contributed by atoms with E-state index < -0.39 is 26.4 Å². The minimum atomic E-state index is -4.69. The lowest BCUT2D eigenvalue weighted by atomic mass is 10.2. The van der Waals surface area contributed by atoms with Gasteiger partial charge in [-0.25, -0.2) is 8.42 Å². The molecule has 0 atom stereocenters. The lowest BCUT2D eigenvalue weighted by Crippen LogP contribution is -2.14. The predicted octanol–water partition coefficient (Wildman–Crippen LogP) is 2.95. The van der Waals surface area contributed by atoms with Crippen molar-refractivity contribution in [1.82, 2.24) is 0 Å². The molecule has 134 valence electrons. The average Bonchev–Trinajstić information content (AvgIpc) is 2.61. The number of sulfone groups is 1. The standard InChI is InChI=1S/C16H15F2NO5S/c1-23-12-7-11(8-13(9-12)24-2)19-15(20)10-3-5-14(6-4-10)25(21,22)16(17)18/h3-9,16H,1-2H3,(H,19,20). The summed E-state index contributed by atoms with van der Waals surface area (Å²) in [5, 5.41) is 2.59. The van der Waals surface area contributed by atoms with E-state index >= 15 is 0 Å². The zero-order chi connectivity index (χ0) is 18.6. The smallest absolute Gasteiger partial charge is 0.341 e. The van der Waals surface area contributed by atoms with Crippen molar-refractivity contribution in [3.05, 3.63) is 48.0 Å². The summed E-state index contributed by atoms with van der Waals surface area (Å²) in [6.07, 6.45) is 0. The van der Waals surface area contributed by atoms with Crippen LogP contribution in [0.3, 0.4) is 0 Å². The molecule has 9 heteroatoms. The number of carbonyl (C=O) groups is 1. The van der Waals surface area contributed by atoms with Crippen LogP contribution in [-0.4, -0.2) is 34.3 Å². The minimum absolute atomic E-state index is 0.106. The van der Waals surface area contributed by atoms with Gasteiger partial charge in [-0.2, -0.15) is 8.78 Å². The van der Waals surface area contributed by atoms with Gasteiger partial charge in [-0.15, -0.1) is 0 Å². The Bertz CT molecular complexity index is 844. The van der Waals surface area contributed by atoms with Gasteiger partial charge in [0.05, 0.1) is 19.1 Å². The topological polar surface area (TPSA) is 81.7 Å². The van der Waals surface area contributed by atoms with E-state index in [9.17, 15) is 22.0 Å². The molecular formula is C16H15F2NO5S. The molecule has 0 bridgehead atoms. The number of carbonyl (C=O) groups excluding carboxylic acids is 1. The molecule has 0 aliphatic rings. The van der Waals surface area contributed by atoms with Crippen molar-refractivity contribution in [2.24, 2.45) is 0 Å². The highest BCUT2D eigenvalue weighted by Crippen LogP contribution is 2.26. The summed E-state index contributed by atoms with van der Waals surface area (Å²) in [6.45, 7) is 0. The number of methoxy groups -OCH3 is 2. The van der Waals surface area contributed by atoms with Gasteiger partial charge in [0.2, 0.25) is 9.84 Å². The van der Waals surface area contributed by atoms with Crippen LogP contribution in [-0.2, 0) is 9.84 Å². The fraction of sp³-hybridized carbons (Fsp3) is 0.188. The van der Waals surface area contributed by atoms with Crippen LogP contribution in [0, 0.1) is 0 Å². The van der Waals surface area contributed by atoms with E-state index in [2.05, 4.69) is 5.32 Å². The highest BCUT2D eigenvalue weighted by molar-refractivity contribution is 7.91. The molecule has 0 aromatic heterocycles. The number of halogens is 2. The molecule has 0 saturated heterocycles. The summed E-state index contributed by atoms with van der Waals surface area (Å²) < 4.78 is 57.9. The zero-order valence-electron chi connectivity index (χ0n) is 13.3. The number of ether oxygens (including phenoxy) is 2. The summed E-state index contributed by atoms with van der Waals surface area (Å²) in [5.41, 5.74) is 0.500. The van der Waals surface area contributed by atoms with Gasteiger partial charge in [0.15, 0.2) is 0 Å². The van der Waals surface area contributed by atoms with E-state index in [1.54, 1.807) is 18.2 Å². The summed E-state index contributed by atoms with van der Waals surface area (Å²) in [6, 6.07) is 8.99. The molecule has 2 rings (SSSR count). The first kappa shape index (κ1) is 18.7. The van der Waals surface area contributed by atoms with Crippen LogP contribution in [0.2, 0.25) is 0 Å². The van der Waals surface area contributed by atoms with Crippen molar-refractivity contribution < 1.29 is 31.5 Å². The normalized spacial score (nSPS) is 11.2. The van der Waals surface area contributed by atoms with Gasteiger partial charge >= 0.3 is 5.76 Å². The maximum atomic E-state index is 12.5. The van der Waals surface area contributed by atoms with Crippen LogP contribution in [0.5, 0.6) is 11.5 Å². The molecule has 0 heterocycles. The van der Waals surface area contributed by atoms with Crippen LogP contribution >= 0.6 is 0 Å². The van der Waals surface area contributed by atoms with Crippen molar-refractivity contribution in [3.8, 4) is 11.5 Å². The van der Waals surface area contributed by atoms with E-state index in [1.165, 1.54) is 14.2 Å². The number of benzene rings is 2. The fourth-order valence-corrected chi connectivity index (χ4v) is 2.70. The first-order valence-corrected chi connectivity index (χ1v) is 8.49. The number of hydrogen-bond donors (Lipinski definition) is 1. The van der Waals surface area contributed by atoms with Gasteiger partial charge in [0, 0.05) is 29.4 Å². The molecule has 1 N–H and O–H groups in total. The highest BCUT2D eigenvalue weighted by atomic mass is 32.2. The Morgan fingerprint density at radius 2 is 1.52 bits per heavy atom. The monoisotopic (exact) mass is 371 g/mol. The third-order valence-electron chi connectivity index (χ3n) is 3.29. The molecule has 25 heavy (non-hydrogen) atoms. The molecule has 0 unspecified atom stereocenters. The second-order valence-electron chi connectivity index (χ2n) is 4.89. The molecule has 0 fully saturated rings. The molecule has 0 aliphatic carbocycles. The summed E-state index contributed by atoms with van der Waals surface area (Å²) >= 11 is 0. The van der Waals surface area contributed by atoms with Crippen LogP contribution in [0.15, 0.2) is 47.4 Å². The Balaban J connectivity index is 2.22. The maximum absolute atomic E-state index is 12.5. The average molecular weight is 371 g/mol. The lowest BCUT2D eigenvalue weighted by molar-refractivity contribution is 0.102. The molecule has 2 aromatic carbocycles. The molecule has 2 aromatic rings. The van der Waals surface area contributed by atoms with Crippen LogP contribution in [0.25, 0.3) is 0 Å². The summed E-state index contributed by atoms with van der Waals surface area (Å²) in [4.78, 5) is 11.7. The number of hydrogen-bond acceptors (Lipinski definition) is 5. The minimum Gasteiger partial charge on any atom is -0.497 e. The third-order valence-corrected chi connectivity index (χ3v) is 4.69. The van der Waals surface area contributed by atoms with Crippen molar-refractivity contribution in [2.75, 3.05) is 19.5 Å². The molecule has 1 amide bonds. The summed E-state index contributed by atoms with van der Waals surface area (Å²) in [5.74, 6) is -3.13. The third kappa shape index (κ3) is 4.24. The van der Waals surface area contributed by atoms with Crippen molar-refractivity contribution in [3.63, 3.8) is 0 Å². The van der Waals surface area contributed by atoms with E-state index in [0.717, 1.165) is 24.3 Å². The molecular weight excluding hydrogens is 356 g/mol. The highest BCUT2D eigenvalue weighted by Gasteiger charge is 2.26. The van der Waals surface area contributed by atoms with E-state index in [-0.39, 0.29) is 5.56 Å². The van der Waals surface area contributed by atoms with Crippen molar-refractivity contribution in [2.45, 2.75) is 10.7 Å². The number of nitrogens with one attached hydrogen (secondary N) is 1. The maximum Gasteiger partial charge on any atom is 0.341 e. The molecule has 0 radical (unpaired) electrons. The Kier molecular flexibility index (Phi) is 5.58. The predicted molar refractivity (Wildman–Crippen MR) is 87.1 cm³/mol. The zero-order valence-corrected chi connectivity index (χ0v) is 14.1. The van der Waals surface area contributed by atoms with E-state index in [0.29, 0.717) is 17.2 Å². The van der Waals surface area contributed by atoms with Gasteiger partial charge < -0.3 is 14.8 Å². The molecule has 0 saturated carbocycles. The quantitative estimate of drug-likeness (QED) is 0.844. The first-order valence-electron chi connectivity index (χ1n) is 6.94. The van der Waals surface area contributed by atoms with Crippen molar-refractivity contribution >= 4 is 21.4 Å². The van der Waals surface area contributed by atoms with Gasteiger partial charge in [-0.05, 0) is 24.3 Å². The van der Waals surface area contributed by atoms with Gasteiger partial charge in [-0.1, -0.05) is 0 Å². The second-order valence-corrected chi connectivity index (χ2v) is 6.80. The van der Waals surface area contributed by atoms with Crippen LogP contribution in [0.4, 0.5) is 14.5 Å². The first-order chi connectivity index (χ1) is 11.8. The number of alkyl halides is 2.